The van der Waals surface area contributed by atoms with Crippen LogP contribution in [0.4, 0.5) is 11.4 Å². The first-order chi connectivity index (χ1) is 14.6. The molecule has 6 nitrogen and oxygen atoms in total. The maximum atomic E-state index is 12.7. The first-order valence-corrected chi connectivity index (χ1v) is 9.79. The summed E-state index contributed by atoms with van der Waals surface area (Å²) in [7, 11) is 1.59. The highest BCUT2D eigenvalue weighted by atomic mass is 16.5. The number of benzene rings is 3. The highest BCUT2D eigenvalue weighted by Gasteiger charge is 2.15. The van der Waals surface area contributed by atoms with Crippen LogP contribution >= 0.6 is 0 Å². The average molecular weight is 404 g/mol. The van der Waals surface area contributed by atoms with Gasteiger partial charge in [0.2, 0.25) is 0 Å². The minimum Gasteiger partial charge on any atom is -0.497 e. The number of amides is 2. The van der Waals surface area contributed by atoms with E-state index >= 15 is 0 Å². The summed E-state index contributed by atoms with van der Waals surface area (Å²) in [5, 5.41) is 7.66. The van der Waals surface area contributed by atoms with E-state index in [1.54, 1.807) is 55.6 Å². The lowest BCUT2D eigenvalue weighted by Crippen LogP contribution is -2.86. The fourth-order valence-corrected chi connectivity index (χ4v) is 3.04. The van der Waals surface area contributed by atoms with Crippen molar-refractivity contribution in [3.05, 3.63) is 90.0 Å². The second kappa shape index (κ2) is 10.2. The number of hydrogen-bond donors (Lipinski definition) is 3. The van der Waals surface area contributed by atoms with Gasteiger partial charge in [0.15, 0.2) is 6.54 Å². The number of quaternary nitrogens is 1. The van der Waals surface area contributed by atoms with Crippen molar-refractivity contribution in [1.82, 2.24) is 0 Å². The number of nitrogens with two attached hydrogens (primary N) is 1. The molecule has 4 N–H and O–H groups in total. The van der Waals surface area contributed by atoms with Gasteiger partial charge in [0.1, 0.15) is 11.8 Å². The Morgan fingerprint density at radius 3 is 2.27 bits per heavy atom. The summed E-state index contributed by atoms with van der Waals surface area (Å²) >= 11 is 0. The van der Waals surface area contributed by atoms with Crippen molar-refractivity contribution in [2.45, 2.75) is 13.0 Å². The third-order valence-electron chi connectivity index (χ3n) is 4.78. The zero-order valence-electron chi connectivity index (χ0n) is 17.1. The molecule has 154 valence electrons. The molecule has 0 aromatic heterocycles. The van der Waals surface area contributed by atoms with E-state index in [1.165, 1.54) is 0 Å². The zero-order chi connectivity index (χ0) is 21.3. The van der Waals surface area contributed by atoms with Gasteiger partial charge < -0.3 is 20.7 Å². The third kappa shape index (κ3) is 5.68. The molecule has 0 aliphatic rings. The van der Waals surface area contributed by atoms with Crippen LogP contribution in [0.2, 0.25) is 0 Å². The Bertz CT molecular complexity index is 988. The van der Waals surface area contributed by atoms with Crippen molar-refractivity contribution in [3.8, 4) is 5.75 Å². The summed E-state index contributed by atoms with van der Waals surface area (Å²) in [4.78, 5) is 25.2. The molecular weight excluding hydrogens is 378 g/mol. The number of para-hydroxylation sites is 1. The third-order valence-corrected chi connectivity index (χ3v) is 4.78. The second-order valence-electron chi connectivity index (χ2n) is 6.92. The number of carbonyl (C=O) groups is 2. The molecule has 2 amide bonds. The molecule has 0 radical (unpaired) electrons. The quantitative estimate of drug-likeness (QED) is 0.539. The summed E-state index contributed by atoms with van der Waals surface area (Å²) < 4.78 is 5.13. The largest absolute Gasteiger partial charge is 0.497 e. The minimum atomic E-state index is -0.294. The predicted molar refractivity (Wildman–Crippen MR) is 118 cm³/mol. The molecule has 3 aromatic carbocycles. The molecule has 0 fully saturated rings. The molecule has 0 unspecified atom stereocenters. The SMILES string of the molecule is COc1ccc(NC(=O)c2ccccc2NC(=O)C[NH2+][C@H](C)c2ccccc2)cc1. The lowest BCUT2D eigenvalue weighted by Gasteiger charge is -2.13. The van der Waals surface area contributed by atoms with Gasteiger partial charge in [0, 0.05) is 11.3 Å². The van der Waals surface area contributed by atoms with E-state index in [0.29, 0.717) is 22.7 Å². The smallest absolute Gasteiger partial charge is 0.279 e. The lowest BCUT2D eigenvalue weighted by molar-refractivity contribution is -0.682. The Kier molecular flexibility index (Phi) is 7.19. The van der Waals surface area contributed by atoms with Gasteiger partial charge in [-0.3, -0.25) is 9.59 Å². The van der Waals surface area contributed by atoms with Crippen LogP contribution in [0.15, 0.2) is 78.9 Å². The average Bonchev–Trinajstić information content (AvgIpc) is 2.79. The van der Waals surface area contributed by atoms with Crippen LogP contribution in [0, 0.1) is 0 Å². The number of carbonyl (C=O) groups excluding carboxylic acids is 2. The molecule has 0 saturated heterocycles. The maximum Gasteiger partial charge on any atom is 0.279 e. The van der Waals surface area contributed by atoms with Gasteiger partial charge in [-0.05, 0) is 43.3 Å². The van der Waals surface area contributed by atoms with Gasteiger partial charge in [0.25, 0.3) is 11.8 Å². The van der Waals surface area contributed by atoms with Gasteiger partial charge in [-0.1, -0.05) is 42.5 Å². The van der Waals surface area contributed by atoms with Crippen LogP contribution in [-0.4, -0.2) is 25.5 Å². The molecule has 0 bridgehead atoms. The standard InChI is InChI=1S/C24H25N3O3/c1-17(18-8-4-3-5-9-18)25-16-23(28)27-22-11-7-6-10-21(22)24(29)26-19-12-14-20(30-2)15-13-19/h3-15,17,25H,16H2,1-2H3,(H,26,29)(H,27,28)/p+1/t17-/m1/s1. The van der Waals surface area contributed by atoms with E-state index in [2.05, 4.69) is 17.6 Å². The monoisotopic (exact) mass is 404 g/mol. The van der Waals surface area contributed by atoms with Crippen LogP contribution in [0.5, 0.6) is 5.75 Å². The van der Waals surface area contributed by atoms with E-state index in [0.717, 1.165) is 5.56 Å². The van der Waals surface area contributed by atoms with Crippen LogP contribution in [0.1, 0.15) is 28.9 Å². The summed E-state index contributed by atoms with van der Waals surface area (Å²) in [6.07, 6.45) is 0. The molecule has 3 rings (SSSR count). The zero-order valence-corrected chi connectivity index (χ0v) is 17.1. The molecule has 3 aromatic rings. The van der Waals surface area contributed by atoms with Crippen molar-refractivity contribution in [2.75, 3.05) is 24.3 Å². The fraction of sp³-hybridized carbons (Fsp3) is 0.167. The minimum absolute atomic E-state index is 0.158. The predicted octanol–water partition coefficient (Wildman–Crippen LogP) is 3.21. The van der Waals surface area contributed by atoms with E-state index in [1.807, 2.05) is 35.6 Å². The first kappa shape index (κ1) is 21.1. The number of methoxy groups -OCH3 is 1. The molecule has 0 spiro atoms. The van der Waals surface area contributed by atoms with Gasteiger partial charge in [-0.25, -0.2) is 0 Å². The lowest BCUT2D eigenvalue weighted by atomic mass is 10.1. The van der Waals surface area contributed by atoms with E-state index in [9.17, 15) is 9.59 Å². The highest BCUT2D eigenvalue weighted by molar-refractivity contribution is 6.10. The Balaban J connectivity index is 1.61. The van der Waals surface area contributed by atoms with E-state index in [-0.39, 0.29) is 24.4 Å². The summed E-state index contributed by atoms with van der Waals surface area (Å²) in [5.41, 5.74) is 2.68. The molecule has 0 saturated carbocycles. The summed E-state index contributed by atoms with van der Waals surface area (Å²) in [5.74, 6) is 0.252. The molecule has 0 aliphatic heterocycles. The first-order valence-electron chi connectivity index (χ1n) is 9.79. The Morgan fingerprint density at radius 1 is 0.900 bits per heavy atom. The maximum absolute atomic E-state index is 12.7. The molecule has 0 aliphatic carbocycles. The van der Waals surface area contributed by atoms with Crippen molar-refractivity contribution >= 4 is 23.2 Å². The van der Waals surface area contributed by atoms with Gasteiger partial charge >= 0.3 is 0 Å². The molecule has 0 heterocycles. The van der Waals surface area contributed by atoms with Crippen LogP contribution in [-0.2, 0) is 4.79 Å². The number of anilines is 2. The van der Waals surface area contributed by atoms with Crippen LogP contribution in [0.3, 0.4) is 0 Å². The molecule has 1 atom stereocenters. The van der Waals surface area contributed by atoms with Crippen LogP contribution in [0.25, 0.3) is 0 Å². The number of ether oxygens (including phenoxy) is 1. The number of nitrogens with one attached hydrogen (secondary N) is 2. The van der Waals surface area contributed by atoms with Crippen LogP contribution < -0.4 is 20.7 Å². The second-order valence-corrected chi connectivity index (χ2v) is 6.92. The number of rotatable bonds is 8. The van der Waals surface area contributed by atoms with Gasteiger partial charge in [-0.2, -0.15) is 0 Å². The van der Waals surface area contributed by atoms with E-state index < -0.39 is 0 Å². The Labute approximate surface area is 176 Å². The van der Waals surface area contributed by atoms with Crippen molar-refractivity contribution in [2.24, 2.45) is 0 Å². The molecule has 6 heteroatoms. The summed E-state index contributed by atoms with van der Waals surface area (Å²) in [6.45, 7) is 2.31. The molecule has 30 heavy (non-hydrogen) atoms. The van der Waals surface area contributed by atoms with Gasteiger partial charge in [-0.15, -0.1) is 0 Å². The topological polar surface area (TPSA) is 84.0 Å². The van der Waals surface area contributed by atoms with E-state index in [4.69, 9.17) is 4.74 Å². The Morgan fingerprint density at radius 2 is 1.57 bits per heavy atom. The normalized spacial score (nSPS) is 11.4. The highest BCUT2D eigenvalue weighted by Crippen LogP contribution is 2.19. The van der Waals surface area contributed by atoms with Crippen molar-refractivity contribution < 1.29 is 19.6 Å². The van der Waals surface area contributed by atoms with Crippen molar-refractivity contribution in [3.63, 3.8) is 0 Å². The van der Waals surface area contributed by atoms with Gasteiger partial charge in [0.05, 0.1) is 18.4 Å². The fourth-order valence-electron chi connectivity index (χ4n) is 3.04. The Hall–Kier alpha value is -3.64. The van der Waals surface area contributed by atoms with Crippen molar-refractivity contribution in [1.29, 1.82) is 0 Å². The summed E-state index contributed by atoms with van der Waals surface area (Å²) in [6, 6.07) is 24.2. The molecular formula is C24H26N3O3+. The number of hydrogen-bond acceptors (Lipinski definition) is 3.